The molecule has 1 fully saturated rings. The van der Waals surface area contributed by atoms with E-state index in [0.29, 0.717) is 6.54 Å². The van der Waals surface area contributed by atoms with Gasteiger partial charge >= 0.3 is 0 Å². The van der Waals surface area contributed by atoms with Gasteiger partial charge in [-0.3, -0.25) is 9.59 Å². The summed E-state index contributed by atoms with van der Waals surface area (Å²) in [4.78, 5) is 27.7. The first-order chi connectivity index (χ1) is 12.0. The van der Waals surface area contributed by atoms with Crippen LogP contribution in [0.5, 0.6) is 0 Å². The van der Waals surface area contributed by atoms with Crippen molar-refractivity contribution in [1.82, 2.24) is 10.2 Å². The number of benzene rings is 1. The molecule has 0 radical (unpaired) electrons. The van der Waals surface area contributed by atoms with E-state index in [0.717, 1.165) is 31.7 Å². The number of amides is 2. The lowest BCUT2D eigenvalue weighted by atomic mass is 10.1. The van der Waals surface area contributed by atoms with E-state index in [2.05, 4.69) is 34.3 Å². The number of hydrogen-bond acceptors (Lipinski definition) is 5. The number of anilines is 1. The zero-order chi connectivity index (χ0) is 17.8. The van der Waals surface area contributed by atoms with Gasteiger partial charge in [0.2, 0.25) is 0 Å². The highest BCUT2D eigenvalue weighted by Gasteiger charge is 2.15. The fourth-order valence-electron chi connectivity index (χ4n) is 2.75. The Morgan fingerprint density at radius 1 is 1.04 bits per heavy atom. The zero-order valence-corrected chi connectivity index (χ0v) is 14.2. The minimum atomic E-state index is -0.696. The topological polar surface area (TPSA) is 91.8 Å². The Kier molecular flexibility index (Phi) is 5.04. The van der Waals surface area contributed by atoms with Gasteiger partial charge in [0.15, 0.2) is 11.5 Å². The highest BCUT2D eigenvalue weighted by Crippen LogP contribution is 2.17. The van der Waals surface area contributed by atoms with Crippen molar-refractivity contribution >= 4 is 17.5 Å². The van der Waals surface area contributed by atoms with E-state index in [1.54, 1.807) is 0 Å². The van der Waals surface area contributed by atoms with Crippen LogP contribution in [0, 0.1) is 0 Å². The van der Waals surface area contributed by atoms with Gasteiger partial charge < -0.3 is 25.3 Å². The molecule has 0 saturated carbocycles. The van der Waals surface area contributed by atoms with Crippen LogP contribution in [0.3, 0.4) is 0 Å². The molecule has 0 unspecified atom stereocenters. The number of carbonyl (C=O) groups is 2. The summed E-state index contributed by atoms with van der Waals surface area (Å²) in [5, 5.41) is 2.77. The molecular weight excluding hydrogens is 320 g/mol. The molecule has 1 saturated heterocycles. The molecule has 132 valence electrons. The summed E-state index contributed by atoms with van der Waals surface area (Å²) in [6, 6.07) is 11.0. The standard InChI is InChI=1S/C18H22N4O3/c1-21-8-10-22(11-9-21)14-4-2-13(3-5-14)12-20-18(24)16-7-6-15(25-16)17(19)23/h2-7H,8-12H2,1H3,(H2,19,23)(H,20,24). The highest BCUT2D eigenvalue weighted by atomic mass is 16.4. The summed E-state index contributed by atoms with van der Waals surface area (Å²) in [7, 11) is 2.13. The monoisotopic (exact) mass is 342 g/mol. The van der Waals surface area contributed by atoms with Crippen LogP contribution in [0.2, 0.25) is 0 Å². The van der Waals surface area contributed by atoms with Gasteiger partial charge in [0.1, 0.15) is 0 Å². The van der Waals surface area contributed by atoms with Gasteiger partial charge in [0.05, 0.1) is 0 Å². The van der Waals surface area contributed by atoms with E-state index in [4.69, 9.17) is 10.2 Å². The van der Waals surface area contributed by atoms with Crippen LogP contribution >= 0.6 is 0 Å². The van der Waals surface area contributed by atoms with E-state index >= 15 is 0 Å². The lowest BCUT2D eigenvalue weighted by Gasteiger charge is -2.34. The normalized spacial score (nSPS) is 15.2. The molecule has 7 heteroatoms. The number of primary amides is 1. The minimum absolute atomic E-state index is 0.0262. The van der Waals surface area contributed by atoms with E-state index in [1.807, 2.05) is 12.1 Å². The molecule has 1 aromatic carbocycles. The maximum atomic E-state index is 12.0. The molecule has 1 aromatic heterocycles. The summed E-state index contributed by atoms with van der Waals surface area (Å²) < 4.78 is 5.11. The number of hydrogen-bond donors (Lipinski definition) is 2. The molecule has 2 aromatic rings. The Labute approximate surface area is 146 Å². The van der Waals surface area contributed by atoms with Crippen LogP contribution < -0.4 is 16.0 Å². The van der Waals surface area contributed by atoms with Gasteiger partial charge in [-0.25, -0.2) is 0 Å². The largest absolute Gasteiger partial charge is 0.446 e. The Hall–Kier alpha value is -2.80. The second-order valence-corrected chi connectivity index (χ2v) is 6.17. The summed E-state index contributed by atoms with van der Waals surface area (Å²) >= 11 is 0. The minimum Gasteiger partial charge on any atom is -0.446 e. The van der Waals surface area contributed by atoms with Crippen molar-refractivity contribution in [3.05, 3.63) is 53.5 Å². The second kappa shape index (κ2) is 7.40. The third kappa shape index (κ3) is 4.19. The Balaban J connectivity index is 1.54. The van der Waals surface area contributed by atoms with E-state index < -0.39 is 5.91 Å². The van der Waals surface area contributed by atoms with Crippen molar-refractivity contribution in [3.63, 3.8) is 0 Å². The van der Waals surface area contributed by atoms with E-state index in [9.17, 15) is 9.59 Å². The Morgan fingerprint density at radius 2 is 1.68 bits per heavy atom. The van der Waals surface area contributed by atoms with Crippen molar-refractivity contribution in [2.24, 2.45) is 5.73 Å². The maximum absolute atomic E-state index is 12.0. The number of nitrogens with one attached hydrogen (secondary N) is 1. The molecule has 7 nitrogen and oxygen atoms in total. The molecule has 0 bridgehead atoms. The first-order valence-electron chi connectivity index (χ1n) is 8.23. The first-order valence-corrected chi connectivity index (χ1v) is 8.23. The van der Waals surface area contributed by atoms with Crippen LogP contribution in [-0.2, 0) is 6.54 Å². The van der Waals surface area contributed by atoms with Crippen molar-refractivity contribution in [1.29, 1.82) is 0 Å². The number of furan rings is 1. The predicted molar refractivity (Wildman–Crippen MR) is 94.5 cm³/mol. The SMILES string of the molecule is CN1CCN(c2ccc(CNC(=O)c3ccc(C(N)=O)o3)cc2)CC1. The predicted octanol–water partition coefficient (Wildman–Crippen LogP) is 1.06. The van der Waals surface area contributed by atoms with Gasteiger partial charge in [-0.1, -0.05) is 12.1 Å². The van der Waals surface area contributed by atoms with Gasteiger partial charge in [-0.15, -0.1) is 0 Å². The molecule has 25 heavy (non-hydrogen) atoms. The highest BCUT2D eigenvalue weighted by molar-refractivity contribution is 5.94. The van der Waals surface area contributed by atoms with Crippen LogP contribution in [0.25, 0.3) is 0 Å². The third-order valence-corrected chi connectivity index (χ3v) is 4.33. The summed E-state index contributed by atoms with van der Waals surface area (Å²) in [6.07, 6.45) is 0. The Bertz CT molecular complexity index is 746. The molecule has 1 aliphatic rings. The van der Waals surface area contributed by atoms with Gasteiger partial charge in [0.25, 0.3) is 11.8 Å². The fraction of sp³-hybridized carbons (Fsp3) is 0.333. The third-order valence-electron chi connectivity index (χ3n) is 4.33. The van der Waals surface area contributed by atoms with E-state index in [-0.39, 0.29) is 17.4 Å². The van der Waals surface area contributed by atoms with Gasteiger partial charge in [-0.05, 0) is 36.9 Å². The zero-order valence-electron chi connectivity index (χ0n) is 14.2. The molecule has 0 aliphatic carbocycles. The molecule has 3 N–H and O–H groups in total. The van der Waals surface area contributed by atoms with Crippen LogP contribution in [0.1, 0.15) is 26.7 Å². The van der Waals surface area contributed by atoms with Crippen molar-refractivity contribution in [2.75, 3.05) is 38.1 Å². The first kappa shape index (κ1) is 17.0. The van der Waals surface area contributed by atoms with Crippen molar-refractivity contribution in [2.45, 2.75) is 6.54 Å². The van der Waals surface area contributed by atoms with Crippen LogP contribution in [-0.4, -0.2) is 49.9 Å². The molecule has 0 atom stereocenters. The number of nitrogens with zero attached hydrogens (tertiary/aromatic N) is 2. The number of nitrogens with two attached hydrogens (primary N) is 1. The number of piperazine rings is 1. The average Bonchev–Trinajstić information content (AvgIpc) is 3.11. The number of likely N-dealkylation sites (N-methyl/N-ethyl adjacent to an activating group) is 1. The molecule has 2 heterocycles. The second-order valence-electron chi connectivity index (χ2n) is 6.17. The molecule has 0 spiro atoms. The van der Waals surface area contributed by atoms with Crippen molar-refractivity contribution < 1.29 is 14.0 Å². The molecule has 1 aliphatic heterocycles. The lowest BCUT2D eigenvalue weighted by Crippen LogP contribution is -2.44. The molecule has 2 amide bonds. The molecule has 3 rings (SSSR count). The molecular formula is C18H22N4O3. The number of carbonyl (C=O) groups excluding carboxylic acids is 2. The van der Waals surface area contributed by atoms with Gasteiger partial charge in [-0.2, -0.15) is 0 Å². The van der Waals surface area contributed by atoms with Gasteiger partial charge in [0, 0.05) is 38.4 Å². The van der Waals surface area contributed by atoms with Crippen molar-refractivity contribution in [3.8, 4) is 0 Å². The average molecular weight is 342 g/mol. The van der Waals surface area contributed by atoms with Crippen LogP contribution in [0.15, 0.2) is 40.8 Å². The Morgan fingerprint density at radius 3 is 2.28 bits per heavy atom. The summed E-state index contributed by atoms with van der Waals surface area (Å²) in [6.45, 7) is 4.55. The smallest absolute Gasteiger partial charge is 0.287 e. The summed E-state index contributed by atoms with van der Waals surface area (Å²) in [5.74, 6) is -1.03. The quantitative estimate of drug-likeness (QED) is 0.848. The lowest BCUT2D eigenvalue weighted by molar-refractivity contribution is 0.0913. The maximum Gasteiger partial charge on any atom is 0.287 e. The fourth-order valence-corrected chi connectivity index (χ4v) is 2.75. The number of rotatable bonds is 5. The summed E-state index contributed by atoms with van der Waals surface area (Å²) in [5.41, 5.74) is 7.29. The van der Waals surface area contributed by atoms with E-state index in [1.165, 1.54) is 17.8 Å². The van der Waals surface area contributed by atoms with Crippen LogP contribution in [0.4, 0.5) is 5.69 Å².